The quantitative estimate of drug-likeness (QED) is 0.923. The summed E-state index contributed by atoms with van der Waals surface area (Å²) < 4.78 is 5.81. The normalized spacial score (nSPS) is 18.5. The Morgan fingerprint density at radius 1 is 1.12 bits per heavy atom. The summed E-state index contributed by atoms with van der Waals surface area (Å²) >= 11 is 0. The number of furan rings is 1. The highest BCUT2D eigenvalue weighted by molar-refractivity contribution is 5.85. The van der Waals surface area contributed by atoms with Gasteiger partial charge in [0.05, 0.1) is 12.0 Å². The van der Waals surface area contributed by atoms with Crippen LogP contribution in [0.5, 0.6) is 0 Å². The second-order valence-electron chi connectivity index (χ2n) is 6.35. The van der Waals surface area contributed by atoms with Gasteiger partial charge < -0.3 is 15.1 Å². The largest absolute Gasteiger partial charge is 0.460 e. The van der Waals surface area contributed by atoms with Crippen LogP contribution in [0.3, 0.4) is 0 Å². The molecule has 128 valence electrons. The zero-order chi connectivity index (χ0) is 17.3. The lowest BCUT2D eigenvalue weighted by Gasteiger charge is -2.37. The first-order chi connectivity index (χ1) is 11.5. The standard InChI is InChI=1S/C18H23N3O3/c1-12(16-11-14-5-3-4-6-15(14)24-16)18(23)21-9-7-20(8-10-21)13(2)17(19)22/h3-6,11-13H,7-10H2,1-2H3,(H2,19,22)/t12-,13+/m1/s1. The zero-order valence-electron chi connectivity index (χ0n) is 14.1. The number of benzene rings is 1. The van der Waals surface area contributed by atoms with Gasteiger partial charge in [-0.25, -0.2) is 0 Å². The van der Waals surface area contributed by atoms with Crippen molar-refractivity contribution in [1.29, 1.82) is 0 Å². The summed E-state index contributed by atoms with van der Waals surface area (Å²) in [5, 5.41) is 1.01. The highest BCUT2D eigenvalue weighted by Gasteiger charge is 2.30. The van der Waals surface area contributed by atoms with Gasteiger partial charge in [-0.1, -0.05) is 18.2 Å². The summed E-state index contributed by atoms with van der Waals surface area (Å²) in [6.07, 6.45) is 0. The van der Waals surface area contributed by atoms with Gasteiger partial charge in [-0.2, -0.15) is 0 Å². The van der Waals surface area contributed by atoms with Gasteiger partial charge >= 0.3 is 0 Å². The molecular formula is C18H23N3O3. The number of nitrogens with two attached hydrogens (primary N) is 1. The SMILES string of the molecule is C[C@@H](C(=O)N1CCN([C@@H](C)C(N)=O)CC1)c1cc2ccccc2o1. The number of primary amides is 1. The van der Waals surface area contributed by atoms with E-state index in [1.807, 2.05) is 47.1 Å². The van der Waals surface area contributed by atoms with E-state index in [0.717, 1.165) is 11.0 Å². The van der Waals surface area contributed by atoms with Gasteiger partial charge in [-0.3, -0.25) is 14.5 Å². The lowest BCUT2D eigenvalue weighted by molar-refractivity contribution is -0.135. The first-order valence-corrected chi connectivity index (χ1v) is 8.28. The second-order valence-corrected chi connectivity index (χ2v) is 6.35. The number of para-hydroxylation sites is 1. The third-order valence-corrected chi connectivity index (χ3v) is 4.83. The number of carbonyl (C=O) groups excluding carboxylic acids is 2. The molecule has 2 N–H and O–H groups in total. The van der Waals surface area contributed by atoms with Crippen molar-refractivity contribution in [2.75, 3.05) is 26.2 Å². The summed E-state index contributed by atoms with van der Waals surface area (Å²) in [6.45, 7) is 6.18. The Kier molecular flexibility index (Phi) is 4.57. The van der Waals surface area contributed by atoms with Crippen molar-refractivity contribution in [1.82, 2.24) is 9.80 Å². The van der Waals surface area contributed by atoms with E-state index in [4.69, 9.17) is 10.2 Å². The first kappa shape index (κ1) is 16.5. The fraction of sp³-hybridized carbons (Fsp3) is 0.444. The lowest BCUT2D eigenvalue weighted by atomic mass is 10.1. The molecular weight excluding hydrogens is 306 g/mol. The van der Waals surface area contributed by atoms with E-state index in [-0.39, 0.29) is 23.8 Å². The van der Waals surface area contributed by atoms with Crippen molar-refractivity contribution in [2.24, 2.45) is 5.73 Å². The van der Waals surface area contributed by atoms with Gasteiger partial charge in [0.15, 0.2) is 0 Å². The molecule has 6 nitrogen and oxygen atoms in total. The Hall–Kier alpha value is -2.34. The van der Waals surface area contributed by atoms with Gasteiger partial charge in [0.2, 0.25) is 11.8 Å². The molecule has 6 heteroatoms. The molecule has 1 saturated heterocycles. The maximum Gasteiger partial charge on any atom is 0.234 e. The van der Waals surface area contributed by atoms with Gasteiger partial charge in [0.1, 0.15) is 11.3 Å². The molecule has 1 aliphatic rings. The predicted molar refractivity (Wildman–Crippen MR) is 91.4 cm³/mol. The monoisotopic (exact) mass is 329 g/mol. The van der Waals surface area contributed by atoms with Gasteiger partial charge in [-0.05, 0) is 26.0 Å². The number of piperazine rings is 1. The van der Waals surface area contributed by atoms with Crippen LogP contribution in [0.15, 0.2) is 34.7 Å². The number of hydrogen-bond acceptors (Lipinski definition) is 4. The summed E-state index contributed by atoms with van der Waals surface area (Å²) in [4.78, 5) is 27.9. The average molecular weight is 329 g/mol. The van der Waals surface area contributed by atoms with E-state index in [2.05, 4.69) is 0 Å². The molecule has 2 atom stereocenters. The maximum absolute atomic E-state index is 12.7. The Balaban J connectivity index is 1.65. The molecule has 1 aromatic heterocycles. The number of fused-ring (bicyclic) bond motifs is 1. The molecule has 0 bridgehead atoms. The predicted octanol–water partition coefficient (Wildman–Crippen LogP) is 1.55. The topological polar surface area (TPSA) is 79.8 Å². The molecule has 2 aromatic rings. The van der Waals surface area contributed by atoms with E-state index < -0.39 is 0 Å². The maximum atomic E-state index is 12.7. The molecule has 0 aliphatic carbocycles. The third kappa shape index (κ3) is 3.14. The van der Waals surface area contributed by atoms with Crippen LogP contribution in [-0.2, 0) is 9.59 Å². The van der Waals surface area contributed by atoms with Crippen LogP contribution in [-0.4, -0.2) is 53.8 Å². The minimum Gasteiger partial charge on any atom is -0.460 e. The molecule has 0 unspecified atom stereocenters. The van der Waals surface area contributed by atoms with Crippen LogP contribution in [0.4, 0.5) is 0 Å². The molecule has 0 spiro atoms. The summed E-state index contributed by atoms with van der Waals surface area (Å²) in [7, 11) is 0. The van der Waals surface area contributed by atoms with Crippen LogP contribution < -0.4 is 5.73 Å². The summed E-state index contributed by atoms with van der Waals surface area (Å²) in [6, 6.07) is 9.39. The minimum atomic E-state index is -0.328. The Morgan fingerprint density at radius 2 is 1.79 bits per heavy atom. The molecule has 0 saturated carbocycles. The van der Waals surface area contributed by atoms with Crippen molar-refractivity contribution >= 4 is 22.8 Å². The number of carbonyl (C=O) groups is 2. The Bertz CT molecular complexity index is 714. The van der Waals surface area contributed by atoms with Crippen molar-refractivity contribution in [2.45, 2.75) is 25.8 Å². The highest BCUT2D eigenvalue weighted by Crippen LogP contribution is 2.26. The lowest BCUT2D eigenvalue weighted by Crippen LogP contribution is -2.54. The van der Waals surface area contributed by atoms with E-state index in [9.17, 15) is 9.59 Å². The average Bonchev–Trinajstić information content (AvgIpc) is 3.04. The van der Waals surface area contributed by atoms with Gasteiger partial charge in [0.25, 0.3) is 0 Å². The Morgan fingerprint density at radius 3 is 2.42 bits per heavy atom. The molecule has 1 aliphatic heterocycles. The van der Waals surface area contributed by atoms with Crippen LogP contribution in [0.2, 0.25) is 0 Å². The molecule has 1 aromatic carbocycles. The van der Waals surface area contributed by atoms with Crippen LogP contribution >= 0.6 is 0 Å². The molecule has 2 amide bonds. The fourth-order valence-electron chi connectivity index (χ4n) is 3.12. The van der Waals surface area contributed by atoms with Gasteiger partial charge in [-0.15, -0.1) is 0 Å². The summed E-state index contributed by atoms with van der Waals surface area (Å²) in [5.41, 5.74) is 6.15. The summed E-state index contributed by atoms with van der Waals surface area (Å²) in [5.74, 6) is 0.0949. The van der Waals surface area contributed by atoms with E-state index in [1.54, 1.807) is 6.92 Å². The van der Waals surface area contributed by atoms with Crippen molar-refractivity contribution in [3.05, 3.63) is 36.1 Å². The number of nitrogens with zero attached hydrogens (tertiary/aromatic N) is 2. The van der Waals surface area contributed by atoms with Gasteiger partial charge in [0, 0.05) is 31.6 Å². The van der Waals surface area contributed by atoms with Crippen molar-refractivity contribution in [3.63, 3.8) is 0 Å². The third-order valence-electron chi connectivity index (χ3n) is 4.83. The van der Waals surface area contributed by atoms with Crippen molar-refractivity contribution in [3.8, 4) is 0 Å². The zero-order valence-corrected chi connectivity index (χ0v) is 14.1. The number of rotatable bonds is 4. The molecule has 24 heavy (non-hydrogen) atoms. The van der Waals surface area contributed by atoms with Crippen LogP contribution in [0.1, 0.15) is 25.5 Å². The van der Waals surface area contributed by atoms with E-state index in [1.165, 1.54) is 0 Å². The fourth-order valence-corrected chi connectivity index (χ4v) is 3.12. The van der Waals surface area contributed by atoms with E-state index >= 15 is 0 Å². The highest BCUT2D eigenvalue weighted by atomic mass is 16.3. The smallest absolute Gasteiger partial charge is 0.234 e. The molecule has 0 radical (unpaired) electrons. The minimum absolute atomic E-state index is 0.0560. The number of hydrogen-bond donors (Lipinski definition) is 1. The number of amides is 2. The first-order valence-electron chi connectivity index (χ1n) is 8.28. The van der Waals surface area contributed by atoms with Crippen LogP contribution in [0, 0.1) is 0 Å². The Labute approximate surface area is 141 Å². The van der Waals surface area contributed by atoms with Crippen molar-refractivity contribution < 1.29 is 14.0 Å². The second kappa shape index (κ2) is 6.65. The van der Waals surface area contributed by atoms with E-state index in [0.29, 0.717) is 31.9 Å². The molecule has 2 heterocycles. The molecule has 3 rings (SSSR count). The molecule has 1 fully saturated rings. The van der Waals surface area contributed by atoms with Crippen LogP contribution in [0.25, 0.3) is 11.0 Å².